The van der Waals surface area contributed by atoms with Crippen molar-refractivity contribution >= 4 is 33.7 Å². The van der Waals surface area contributed by atoms with Crippen LogP contribution in [0.4, 0.5) is 0 Å². The molecular formula is C26H32N4O4S. The predicted octanol–water partition coefficient (Wildman–Crippen LogP) is 4.45. The molecule has 2 heterocycles. The van der Waals surface area contributed by atoms with Crippen molar-refractivity contribution in [3.8, 4) is 11.5 Å². The molecule has 2 aromatic heterocycles. The lowest BCUT2D eigenvalue weighted by Crippen LogP contribution is -2.30. The fraction of sp³-hybridized carbons (Fsp3) is 0.462. The van der Waals surface area contributed by atoms with Gasteiger partial charge in [-0.1, -0.05) is 26.2 Å². The topological polar surface area (TPSA) is 94.8 Å². The minimum atomic E-state index is -0.396. The second-order valence-electron chi connectivity index (χ2n) is 8.68. The molecule has 0 spiro atoms. The van der Waals surface area contributed by atoms with Crippen LogP contribution in [-0.4, -0.2) is 35.4 Å². The normalized spacial score (nSPS) is 13.2. The first-order valence-corrected chi connectivity index (χ1v) is 13.0. The zero-order valence-corrected chi connectivity index (χ0v) is 21.2. The first-order chi connectivity index (χ1) is 17.1. The van der Waals surface area contributed by atoms with Crippen molar-refractivity contribution in [1.82, 2.24) is 15.0 Å². The lowest BCUT2D eigenvalue weighted by Gasteiger charge is -2.11. The lowest BCUT2D eigenvalue weighted by atomic mass is 9.97. The first-order valence-electron chi connectivity index (χ1n) is 12.2. The predicted molar refractivity (Wildman–Crippen MR) is 139 cm³/mol. The van der Waals surface area contributed by atoms with E-state index in [1.807, 2.05) is 12.1 Å². The Kier molecular flexibility index (Phi) is 8.52. The highest BCUT2D eigenvalue weighted by Crippen LogP contribution is 2.33. The molecule has 35 heavy (non-hydrogen) atoms. The molecule has 0 atom stereocenters. The number of fused-ring (bicyclic) bond motifs is 3. The summed E-state index contributed by atoms with van der Waals surface area (Å²) in [5, 5.41) is 4.71. The summed E-state index contributed by atoms with van der Waals surface area (Å²) in [6.45, 7) is 2.69. The average Bonchev–Trinajstić information content (AvgIpc) is 3.25. The van der Waals surface area contributed by atoms with E-state index in [0.717, 1.165) is 54.5 Å². The summed E-state index contributed by atoms with van der Waals surface area (Å²) < 4.78 is 12.6. The van der Waals surface area contributed by atoms with Crippen LogP contribution >= 0.6 is 11.3 Å². The molecule has 0 bridgehead atoms. The van der Waals surface area contributed by atoms with Gasteiger partial charge in [0.25, 0.3) is 11.5 Å². The number of hydrogen-bond donors (Lipinski definition) is 1. The van der Waals surface area contributed by atoms with Crippen molar-refractivity contribution in [2.45, 2.75) is 64.8 Å². The Morgan fingerprint density at radius 1 is 1.23 bits per heavy atom. The van der Waals surface area contributed by atoms with Crippen LogP contribution in [0.1, 0.15) is 61.5 Å². The third kappa shape index (κ3) is 6.08. The molecule has 8 nitrogen and oxygen atoms in total. The van der Waals surface area contributed by atoms with E-state index in [1.54, 1.807) is 24.5 Å². The van der Waals surface area contributed by atoms with Crippen LogP contribution in [0, 0.1) is 0 Å². The van der Waals surface area contributed by atoms with Crippen molar-refractivity contribution < 1.29 is 14.3 Å². The van der Waals surface area contributed by atoms with Crippen molar-refractivity contribution in [2.24, 2.45) is 5.10 Å². The number of benzene rings is 1. The molecular weight excluding hydrogens is 464 g/mol. The average molecular weight is 497 g/mol. The van der Waals surface area contributed by atoms with Crippen LogP contribution in [0.5, 0.6) is 11.5 Å². The summed E-state index contributed by atoms with van der Waals surface area (Å²) >= 11 is 1.60. The molecule has 1 aliphatic rings. The van der Waals surface area contributed by atoms with Gasteiger partial charge in [-0.15, -0.1) is 11.3 Å². The third-order valence-corrected chi connectivity index (χ3v) is 7.30. The van der Waals surface area contributed by atoms with E-state index in [2.05, 4.69) is 22.4 Å². The van der Waals surface area contributed by atoms with Crippen molar-refractivity contribution in [1.29, 1.82) is 0 Å². The minimum absolute atomic E-state index is 0.141. The smallest absolute Gasteiger partial charge is 0.262 e. The number of carbonyl (C=O) groups is 1. The minimum Gasteiger partial charge on any atom is -0.493 e. The maximum Gasteiger partial charge on any atom is 0.262 e. The SMILES string of the molecule is CCCCCCOc1ccc(C=NNC(=O)Cn2cnc3sc4c(c3c2=O)CCCC4)cc1OC. The third-order valence-electron chi connectivity index (χ3n) is 6.10. The largest absolute Gasteiger partial charge is 0.493 e. The van der Waals surface area contributed by atoms with Gasteiger partial charge in [0.2, 0.25) is 0 Å². The Morgan fingerprint density at radius 3 is 2.91 bits per heavy atom. The van der Waals surface area contributed by atoms with Crippen LogP contribution in [0.25, 0.3) is 10.2 Å². The van der Waals surface area contributed by atoms with Gasteiger partial charge in [-0.2, -0.15) is 5.10 Å². The van der Waals surface area contributed by atoms with Crippen molar-refractivity contribution in [3.63, 3.8) is 0 Å². The summed E-state index contributed by atoms with van der Waals surface area (Å²) in [5.74, 6) is 0.899. The molecule has 4 rings (SSSR count). The second-order valence-corrected chi connectivity index (χ2v) is 9.76. The van der Waals surface area contributed by atoms with E-state index in [1.165, 1.54) is 34.8 Å². The molecule has 0 aliphatic heterocycles. The number of hydrazone groups is 1. The Balaban J connectivity index is 1.36. The van der Waals surface area contributed by atoms with E-state index in [0.29, 0.717) is 23.5 Å². The number of methoxy groups -OCH3 is 1. The number of aromatic nitrogens is 2. The Labute approximate surface area is 209 Å². The van der Waals surface area contributed by atoms with Crippen LogP contribution < -0.4 is 20.5 Å². The summed E-state index contributed by atoms with van der Waals surface area (Å²) in [6, 6.07) is 5.49. The highest BCUT2D eigenvalue weighted by atomic mass is 32.1. The molecule has 0 radical (unpaired) electrons. The van der Waals surface area contributed by atoms with E-state index in [4.69, 9.17) is 9.47 Å². The van der Waals surface area contributed by atoms with E-state index >= 15 is 0 Å². The van der Waals surface area contributed by atoms with Crippen molar-refractivity contribution in [3.05, 3.63) is 50.9 Å². The lowest BCUT2D eigenvalue weighted by molar-refractivity contribution is -0.121. The number of carbonyl (C=O) groups excluding carboxylic acids is 1. The van der Waals surface area contributed by atoms with Crippen LogP contribution in [0.2, 0.25) is 0 Å². The van der Waals surface area contributed by atoms with E-state index in [9.17, 15) is 9.59 Å². The highest BCUT2D eigenvalue weighted by Gasteiger charge is 2.20. The van der Waals surface area contributed by atoms with Gasteiger partial charge in [0, 0.05) is 4.88 Å². The summed E-state index contributed by atoms with van der Waals surface area (Å²) in [7, 11) is 1.59. The number of rotatable bonds is 11. The van der Waals surface area contributed by atoms with Crippen molar-refractivity contribution in [2.75, 3.05) is 13.7 Å². The van der Waals surface area contributed by atoms with Gasteiger partial charge in [-0.05, 0) is 61.4 Å². The first kappa shape index (κ1) is 24.9. The monoisotopic (exact) mass is 496 g/mol. The summed E-state index contributed by atoms with van der Waals surface area (Å²) in [6.07, 6.45) is 11.7. The molecule has 186 valence electrons. The molecule has 1 amide bonds. The van der Waals surface area contributed by atoms with E-state index in [-0.39, 0.29) is 12.1 Å². The van der Waals surface area contributed by atoms with Gasteiger partial charge in [-0.25, -0.2) is 10.4 Å². The quantitative estimate of drug-likeness (QED) is 0.240. The van der Waals surface area contributed by atoms with E-state index < -0.39 is 5.91 Å². The number of amides is 1. The van der Waals surface area contributed by atoms with Gasteiger partial charge in [-0.3, -0.25) is 14.2 Å². The standard InChI is InChI=1S/C26H32N4O4S/c1-3-4-5-8-13-34-20-12-11-18(14-21(20)33-2)15-28-29-23(31)16-30-17-27-25-24(26(30)32)19-9-6-7-10-22(19)35-25/h11-12,14-15,17H,3-10,13,16H2,1-2H3,(H,29,31). The number of nitrogens with zero attached hydrogens (tertiary/aromatic N) is 3. The Morgan fingerprint density at radius 2 is 2.09 bits per heavy atom. The Hall–Kier alpha value is -3.20. The van der Waals surface area contributed by atoms with Crippen LogP contribution in [0.3, 0.4) is 0 Å². The van der Waals surface area contributed by atoms with Crippen LogP contribution in [-0.2, 0) is 24.2 Å². The number of unbranched alkanes of at least 4 members (excludes halogenated alkanes) is 3. The molecule has 1 aliphatic carbocycles. The second kappa shape index (κ2) is 12.0. The summed E-state index contributed by atoms with van der Waals surface area (Å²) in [5.41, 5.74) is 4.20. The number of nitrogens with one attached hydrogen (secondary N) is 1. The molecule has 0 unspecified atom stereocenters. The molecule has 9 heteroatoms. The Bertz CT molecular complexity index is 1260. The number of ether oxygens (including phenoxy) is 2. The number of hydrogen-bond acceptors (Lipinski definition) is 7. The highest BCUT2D eigenvalue weighted by molar-refractivity contribution is 7.18. The van der Waals surface area contributed by atoms with Gasteiger partial charge in [0.1, 0.15) is 11.4 Å². The summed E-state index contributed by atoms with van der Waals surface area (Å²) in [4.78, 5) is 31.9. The number of aryl methyl sites for hydroxylation is 2. The number of thiophene rings is 1. The molecule has 0 fully saturated rings. The van der Waals surface area contributed by atoms with Gasteiger partial charge in [0.15, 0.2) is 11.5 Å². The molecule has 1 N–H and O–H groups in total. The molecule has 0 saturated carbocycles. The van der Waals surface area contributed by atoms with Gasteiger partial charge in [0.05, 0.1) is 31.6 Å². The van der Waals surface area contributed by atoms with Crippen LogP contribution in [0.15, 0.2) is 34.4 Å². The molecule has 0 saturated heterocycles. The van der Waals surface area contributed by atoms with Gasteiger partial charge < -0.3 is 9.47 Å². The molecule has 3 aromatic rings. The van der Waals surface area contributed by atoms with Gasteiger partial charge >= 0.3 is 0 Å². The fourth-order valence-corrected chi connectivity index (χ4v) is 5.48. The maximum absolute atomic E-state index is 13.0. The maximum atomic E-state index is 13.0. The molecule has 1 aromatic carbocycles. The zero-order chi connectivity index (χ0) is 24.6. The zero-order valence-electron chi connectivity index (χ0n) is 20.3. The fourth-order valence-electron chi connectivity index (χ4n) is 4.26.